The van der Waals surface area contributed by atoms with Crippen molar-refractivity contribution in [3.63, 3.8) is 0 Å². The number of halogens is 1. The molecule has 4 heteroatoms. The van der Waals surface area contributed by atoms with Gasteiger partial charge in [-0.3, -0.25) is 4.79 Å². The summed E-state index contributed by atoms with van der Waals surface area (Å²) in [5, 5.41) is 0.583. The topological polar surface area (TPSA) is 35.5 Å². The lowest BCUT2D eigenvalue weighted by Crippen LogP contribution is -2.21. The van der Waals surface area contributed by atoms with Crippen molar-refractivity contribution in [3.8, 4) is 5.75 Å². The van der Waals surface area contributed by atoms with Gasteiger partial charge >= 0.3 is 5.97 Å². The minimum atomic E-state index is -0.346. The van der Waals surface area contributed by atoms with E-state index in [1.54, 1.807) is 14.0 Å². The summed E-state index contributed by atoms with van der Waals surface area (Å²) < 4.78 is 10.3. The molecule has 0 spiro atoms. The molecule has 0 N–H and O–H groups in total. The summed E-state index contributed by atoms with van der Waals surface area (Å²) in [6, 6.07) is 7.52. The molecule has 1 aromatic carbocycles. The third kappa shape index (κ3) is 3.05. The first-order valence-corrected chi connectivity index (χ1v) is 6.92. The lowest BCUT2D eigenvalue weighted by molar-refractivity contribution is -0.145. The number of allylic oxidation sites excluding steroid dienone is 3. The summed E-state index contributed by atoms with van der Waals surface area (Å²) >= 11 is 6.28. The second-order valence-electron chi connectivity index (χ2n) is 4.43. The fourth-order valence-corrected chi connectivity index (χ4v) is 2.58. The number of carbonyl (C=O) groups is 1. The molecule has 0 aliphatic heterocycles. The van der Waals surface area contributed by atoms with Gasteiger partial charge in [0.15, 0.2) is 0 Å². The summed E-state index contributed by atoms with van der Waals surface area (Å²) in [4.78, 5) is 12.1. The average Bonchev–Trinajstić information content (AvgIpc) is 2.47. The second-order valence-corrected chi connectivity index (χ2v) is 4.84. The van der Waals surface area contributed by atoms with Crippen LogP contribution in [-0.2, 0) is 9.53 Å². The summed E-state index contributed by atoms with van der Waals surface area (Å²) in [5.74, 6) is 0.186. The van der Waals surface area contributed by atoms with E-state index in [9.17, 15) is 4.79 Å². The molecule has 0 amide bonds. The Kier molecular flexibility index (Phi) is 4.85. The molecule has 1 atom stereocenters. The Labute approximate surface area is 123 Å². The third-order valence-electron chi connectivity index (χ3n) is 3.21. The molecule has 0 fully saturated rings. The Hall–Kier alpha value is -1.74. The van der Waals surface area contributed by atoms with E-state index in [0.29, 0.717) is 18.1 Å². The minimum absolute atomic E-state index is 0.235. The van der Waals surface area contributed by atoms with Gasteiger partial charge < -0.3 is 9.47 Å². The SMILES string of the molecule is CCOC(=O)C1CC=CC(Cl)=C1c1ccc(OC)cc1. The summed E-state index contributed by atoms with van der Waals surface area (Å²) in [5.41, 5.74) is 1.73. The van der Waals surface area contributed by atoms with E-state index >= 15 is 0 Å². The van der Waals surface area contributed by atoms with Gasteiger partial charge in [0.25, 0.3) is 0 Å². The van der Waals surface area contributed by atoms with Crippen molar-refractivity contribution in [2.75, 3.05) is 13.7 Å². The standard InChI is InChI=1S/C16H17ClO3/c1-3-20-16(18)13-5-4-6-14(17)15(13)11-7-9-12(19-2)10-8-11/h4,6-10,13H,3,5H2,1-2H3. The molecule has 0 saturated heterocycles. The molecule has 0 heterocycles. The molecular weight excluding hydrogens is 276 g/mol. The number of hydrogen-bond acceptors (Lipinski definition) is 3. The van der Waals surface area contributed by atoms with E-state index in [0.717, 1.165) is 16.9 Å². The first-order valence-electron chi connectivity index (χ1n) is 6.54. The van der Waals surface area contributed by atoms with Crippen molar-refractivity contribution in [2.45, 2.75) is 13.3 Å². The number of esters is 1. The Balaban J connectivity index is 2.36. The van der Waals surface area contributed by atoms with Crippen molar-refractivity contribution < 1.29 is 14.3 Å². The molecule has 0 bridgehead atoms. The van der Waals surface area contributed by atoms with Crippen LogP contribution in [0.1, 0.15) is 18.9 Å². The van der Waals surface area contributed by atoms with Gasteiger partial charge in [0, 0.05) is 5.03 Å². The fraction of sp³-hybridized carbons (Fsp3) is 0.312. The van der Waals surface area contributed by atoms with Gasteiger partial charge in [0.1, 0.15) is 5.75 Å². The maximum absolute atomic E-state index is 12.1. The Bertz CT molecular complexity index is 543. The van der Waals surface area contributed by atoms with Gasteiger partial charge in [-0.05, 0) is 42.7 Å². The summed E-state index contributed by atoms with van der Waals surface area (Å²) in [7, 11) is 1.62. The van der Waals surface area contributed by atoms with E-state index in [1.165, 1.54) is 0 Å². The zero-order valence-electron chi connectivity index (χ0n) is 11.6. The monoisotopic (exact) mass is 292 g/mol. The highest BCUT2D eigenvalue weighted by Gasteiger charge is 2.28. The molecule has 1 unspecified atom stereocenters. The van der Waals surface area contributed by atoms with Crippen LogP contribution in [0, 0.1) is 5.92 Å². The highest BCUT2D eigenvalue weighted by atomic mass is 35.5. The number of rotatable bonds is 4. The molecule has 2 rings (SSSR count). The molecule has 1 aliphatic carbocycles. The van der Waals surface area contributed by atoms with Crippen LogP contribution in [0.2, 0.25) is 0 Å². The summed E-state index contributed by atoms with van der Waals surface area (Å²) in [6.45, 7) is 2.17. The zero-order valence-corrected chi connectivity index (χ0v) is 12.3. The number of hydrogen-bond donors (Lipinski definition) is 0. The van der Waals surface area contributed by atoms with E-state index in [2.05, 4.69) is 0 Å². The molecule has 0 aromatic heterocycles. The highest BCUT2D eigenvalue weighted by molar-refractivity contribution is 6.35. The highest BCUT2D eigenvalue weighted by Crippen LogP contribution is 2.36. The van der Waals surface area contributed by atoms with E-state index in [-0.39, 0.29) is 11.9 Å². The molecule has 0 saturated carbocycles. The molecule has 106 valence electrons. The van der Waals surface area contributed by atoms with Crippen LogP contribution in [0.5, 0.6) is 5.75 Å². The van der Waals surface area contributed by atoms with Gasteiger partial charge in [-0.1, -0.05) is 29.8 Å². The quantitative estimate of drug-likeness (QED) is 0.792. The molecule has 1 aliphatic rings. The van der Waals surface area contributed by atoms with Crippen LogP contribution in [-0.4, -0.2) is 19.7 Å². The molecule has 0 radical (unpaired) electrons. The van der Waals surface area contributed by atoms with E-state index in [1.807, 2.05) is 36.4 Å². The fourth-order valence-electron chi connectivity index (χ4n) is 2.25. The number of carbonyl (C=O) groups excluding carboxylic acids is 1. The third-order valence-corrected chi connectivity index (χ3v) is 3.54. The Morgan fingerprint density at radius 3 is 2.65 bits per heavy atom. The zero-order chi connectivity index (χ0) is 14.5. The van der Waals surface area contributed by atoms with Gasteiger partial charge in [0.2, 0.25) is 0 Å². The summed E-state index contributed by atoms with van der Waals surface area (Å²) in [6.07, 6.45) is 4.34. The predicted molar refractivity (Wildman–Crippen MR) is 79.6 cm³/mol. The van der Waals surface area contributed by atoms with Crippen LogP contribution in [0.3, 0.4) is 0 Å². The molecular formula is C16H17ClO3. The van der Waals surface area contributed by atoms with Crippen molar-refractivity contribution >= 4 is 23.1 Å². The van der Waals surface area contributed by atoms with Crippen LogP contribution in [0.15, 0.2) is 41.4 Å². The molecule has 1 aromatic rings. The maximum Gasteiger partial charge on any atom is 0.313 e. The number of benzene rings is 1. The van der Waals surface area contributed by atoms with E-state index < -0.39 is 0 Å². The van der Waals surface area contributed by atoms with Crippen molar-refractivity contribution in [1.29, 1.82) is 0 Å². The largest absolute Gasteiger partial charge is 0.497 e. The number of methoxy groups -OCH3 is 1. The van der Waals surface area contributed by atoms with Gasteiger partial charge in [-0.2, -0.15) is 0 Å². The van der Waals surface area contributed by atoms with Crippen LogP contribution in [0.4, 0.5) is 0 Å². The van der Waals surface area contributed by atoms with Crippen LogP contribution >= 0.6 is 11.6 Å². The van der Waals surface area contributed by atoms with Gasteiger partial charge in [-0.25, -0.2) is 0 Å². The molecule has 3 nitrogen and oxygen atoms in total. The van der Waals surface area contributed by atoms with Gasteiger partial charge in [-0.15, -0.1) is 0 Å². The maximum atomic E-state index is 12.1. The van der Waals surface area contributed by atoms with Crippen LogP contribution in [0.25, 0.3) is 5.57 Å². The minimum Gasteiger partial charge on any atom is -0.497 e. The first kappa shape index (κ1) is 14.7. The Morgan fingerprint density at radius 1 is 1.35 bits per heavy atom. The predicted octanol–water partition coefficient (Wildman–Crippen LogP) is 3.78. The first-order chi connectivity index (χ1) is 9.67. The molecule has 20 heavy (non-hydrogen) atoms. The second kappa shape index (κ2) is 6.62. The number of ether oxygens (including phenoxy) is 2. The van der Waals surface area contributed by atoms with Crippen molar-refractivity contribution in [2.24, 2.45) is 5.92 Å². The lowest BCUT2D eigenvalue weighted by atomic mass is 9.86. The van der Waals surface area contributed by atoms with Crippen molar-refractivity contribution in [1.82, 2.24) is 0 Å². The van der Waals surface area contributed by atoms with Gasteiger partial charge in [0.05, 0.1) is 19.6 Å². The van der Waals surface area contributed by atoms with Crippen molar-refractivity contribution in [3.05, 3.63) is 47.0 Å². The normalized spacial score (nSPS) is 18.1. The van der Waals surface area contributed by atoms with E-state index in [4.69, 9.17) is 21.1 Å². The van der Waals surface area contributed by atoms with Crippen LogP contribution < -0.4 is 4.74 Å². The smallest absolute Gasteiger partial charge is 0.313 e. The Morgan fingerprint density at radius 2 is 2.05 bits per heavy atom. The lowest BCUT2D eigenvalue weighted by Gasteiger charge is -2.22. The average molecular weight is 293 g/mol.